The van der Waals surface area contributed by atoms with Crippen LogP contribution in [0, 0.1) is 0 Å². The SMILES string of the molecule is CCN(CC)c1ccc(-c2ccc(C(c3ccc(-c4ccc(N(CC)CC)cc4)cc3)(c3ccc(-c4ccc(N(CC)CC)cc4)cc3)c3ccc(-c4ccc(N(CC)CC)cc4)cc3)cc2)cc1. The Morgan fingerprint density at radius 3 is 0.464 bits per heavy atom. The molecule has 0 aliphatic carbocycles. The molecule has 0 aliphatic rings. The summed E-state index contributed by atoms with van der Waals surface area (Å²) in [5.74, 6) is 0. The third-order valence-corrected chi connectivity index (χ3v) is 14.6. The fourth-order valence-corrected chi connectivity index (χ4v) is 10.5. The van der Waals surface area contributed by atoms with Crippen molar-refractivity contribution in [2.75, 3.05) is 72.0 Å². The average Bonchev–Trinajstić information content (AvgIpc) is 3.42. The van der Waals surface area contributed by atoms with E-state index in [1.807, 2.05) is 0 Å². The van der Waals surface area contributed by atoms with Crippen molar-refractivity contribution in [3.8, 4) is 44.5 Å². The van der Waals surface area contributed by atoms with Crippen molar-refractivity contribution in [1.82, 2.24) is 0 Å². The lowest BCUT2D eigenvalue weighted by molar-refractivity contribution is 0.745. The van der Waals surface area contributed by atoms with Crippen LogP contribution in [0.1, 0.15) is 77.6 Å². The molecule has 0 atom stereocenters. The highest BCUT2D eigenvalue weighted by Gasteiger charge is 2.38. The van der Waals surface area contributed by atoms with Crippen LogP contribution in [0.4, 0.5) is 22.7 Å². The van der Waals surface area contributed by atoms with Crippen LogP contribution in [0.2, 0.25) is 0 Å². The molecule has 0 N–H and O–H groups in total. The molecule has 0 aliphatic heterocycles. The molecule has 8 rings (SSSR count). The zero-order valence-electron chi connectivity index (χ0n) is 42.4. The number of hydrogen-bond acceptors (Lipinski definition) is 4. The fraction of sp³-hybridized carbons (Fsp3) is 0.262. The van der Waals surface area contributed by atoms with Crippen molar-refractivity contribution < 1.29 is 0 Å². The van der Waals surface area contributed by atoms with E-state index < -0.39 is 5.41 Å². The van der Waals surface area contributed by atoms with Gasteiger partial charge in [0.15, 0.2) is 0 Å². The standard InChI is InChI=1S/C65H72N4/c1-9-66(10-2)61-41-25-53(26-42-61)49-17-33-57(34-18-49)65(58-35-19-50(20-36-58)54-27-43-62(44-28-54)67(11-3)12-4,59-37-21-51(22-38-59)55-29-45-63(46-30-55)68(13-5)14-6)60-39-23-52(24-40-60)56-31-47-64(48-32-56)69(15-7)16-8/h17-48H,9-16H2,1-8H3. The zero-order valence-corrected chi connectivity index (χ0v) is 42.4. The molecule has 0 radical (unpaired) electrons. The topological polar surface area (TPSA) is 13.0 Å². The predicted molar refractivity (Wildman–Crippen MR) is 301 cm³/mol. The van der Waals surface area contributed by atoms with Crippen LogP contribution in [-0.2, 0) is 5.41 Å². The average molecular weight is 909 g/mol. The van der Waals surface area contributed by atoms with Crippen molar-refractivity contribution >= 4 is 22.7 Å². The maximum absolute atomic E-state index is 2.40. The second kappa shape index (κ2) is 22.4. The molecule has 0 unspecified atom stereocenters. The summed E-state index contributed by atoms with van der Waals surface area (Å²) in [5.41, 5.74) is 18.9. The maximum Gasteiger partial charge on any atom is 0.0701 e. The van der Waals surface area contributed by atoms with Crippen LogP contribution in [-0.4, -0.2) is 52.4 Å². The van der Waals surface area contributed by atoms with E-state index in [1.54, 1.807) is 0 Å². The van der Waals surface area contributed by atoms with Gasteiger partial charge in [0.05, 0.1) is 5.41 Å². The molecule has 0 aromatic heterocycles. The van der Waals surface area contributed by atoms with Gasteiger partial charge >= 0.3 is 0 Å². The second-order valence-electron chi connectivity index (χ2n) is 17.9. The first-order valence-corrected chi connectivity index (χ1v) is 25.7. The van der Waals surface area contributed by atoms with Crippen molar-refractivity contribution in [1.29, 1.82) is 0 Å². The van der Waals surface area contributed by atoms with Crippen molar-refractivity contribution in [3.05, 3.63) is 216 Å². The minimum Gasteiger partial charge on any atom is -0.372 e. The third kappa shape index (κ3) is 10.1. The molecule has 69 heavy (non-hydrogen) atoms. The molecule has 8 aromatic carbocycles. The molecular formula is C65H72N4. The summed E-state index contributed by atoms with van der Waals surface area (Å²) in [4.78, 5) is 9.58. The Morgan fingerprint density at radius 1 is 0.203 bits per heavy atom. The van der Waals surface area contributed by atoms with E-state index in [0.717, 1.165) is 52.4 Å². The van der Waals surface area contributed by atoms with Gasteiger partial charge in [0.25, 0.3) is 0 Å². The Balaban J connectivity index is 1.28. The third-order valence-electron chi connectivity index (χ3n) is 14.6. The Hall–Kier alpha value is -7.04. The molecule has 8 aromatic rings. The van der Waals surface area contributed by atoms with Crippen LogP contribution in [0.3, 0.4) is 0 Å². The molecule has 0 amide bonds. The fourth-order valence-electron chi connectivity index (χ4n) is 10.5. The summed E-state index contributed by atoms with van der Waals surface area (Å²) in [7, 11) is 0. The van der Waals surface area contributed by atoms with Gasteiger partial charge in [-0.05, 0) is 171 Å². The lowest BCUT2D eigenvalue weighted by atomic mass is 9.64. The predicted octanol–water partition coefficient (Wildman–Crippen LogP) is 16.1. The molecular weight excluding hydrogens is 837 g/mol. The van der Waals surface area contributed by atoms with Crippen LogP contribution in [0.15, 0.2) is 194 Å². The normalized spacial score (nSPS) is 11.4. The van der Waals surface area contributed by atoms with Crippen molar-refractivity contribution in [2.24, 2.45) is 0 Å². The number of anilines is 4. The molecule has 0 saturated carbocycles. The molecule has 0 fully saturated rings. The Kier molecular flexibility index (Phi) is 15.7. The van der Waals surface area contributed by atoms with Gasteiger partial charge in [0.2, 0.25) is 0 Å². The maximum atomic E-state index is 2.40. The molecule has 0 spiro atoms. The second-order valence-corrected chi connectivity index (χ2v) is 17.9. The van der Waals surface area contributed by atoms with Gasteiger partial charge in [0.1, 0.15) is 0 Å². The number of hydrogen-bond donors (Lipinski definition) is 0. The van der Waals surface area contributed by atoms with E-state index in [0.29, 0.717) is 0 Å². The van der Waals surface area contributed by atoms with E-state index >= 15 is 0 Å². The van der Waals surface area contributed by atoms with Gasteiger partial charge in [-0.3, -0.25) is 0 Å². The Labute approximate surface area is 414 Å². The zero-order chi connectivity index (χ0) is 48.3. The van der Waals surface area contributed by atoms with Gasteiger partial charge in [-0.15, -0.1) is 0 Å². The summed E-state index contributed by atoms with van der Waals surface area (Å²) < 4.78 is 0. The van der Waals surface area contributed by atoms with Gasteiger partial charge in [0, 0.05) is 75.1 Å². The largest absolute Gasteiger partial charge is 0.372 e. The number of benzene rings is 8. The minimum atomic E-state index is -0.646. The lowest BCUT2D eigenvalue weighted by Crippen LogP contribution is -2.31. The van der Waals surface area contributed by atoms with Gasteiger partial charge < -0.3 is 19.6 Å². The molecule has 0 heterocycles. The van der Waals surface area contributed by atoms with Gasteiger partial charge in [-0.2, -0.15) is 0 Å². The van der Waals surface area contributed by atoms with Crippen LogP contribution in [0.5, 0.6) is 0 Å². The van der Waals surface area contributed by atoms with Crippen molar-refractivity contribution in [3.63, 3.8) is 0 Å². The van der Waals surface area contributed by atoms with E-state index in [2.05, 4.69) is 269 Å². The van der Waals surface area contributed by atoms with E-state index in [4.69, 9.17) is 0 Å². The van der Waals surface area contributed by atoms with Crippen LogP contribution >= 0.6 is 0 Å². The van der Waals surface area contributed by atoms with Gasteiger partial charge in [-0.1, -0.05) is 146 Å². The molecule has 0 saturated heterocycles. The summed E-state index contributed by atoms with van der Waals surface area (Å²) >= 11 is 0. The Morgan fingerprint density at radius 2 is 0.333 bits per heavy atom. The molecule has 0 bridgehead atoms. The van der Waals surface area contributed by atoms with Crippen LogP contribution in [0.25, 0.3) is 44.5 Å². The summed E-state index contributed by atoms with van der Waals surface area (Å²) in [6.07, 6.45) is 0. The quantitative estimate of drug-likeness (QED) is 0.0707. The number of rotatable bonds is 20. The van der Waals surface area contributed by atoms with Gasteiger partial charge in [-0.25, -0.2) is 0 Å². The minimum absolute atomic E-state index is 0.646. The van der Waals surface area contributed by atoms with E-state index in [9.17, 15) is 0 Å². The van der Waals surface area contributed by atoms with Crippen LogP contribution < -0.4 is 19.6 Å². The Bertz CT molecular complexity index is 2390. The summed E-state index contributed by atoms with van der Waals surface area (Å²) in [6, 6.07) is 73.7. The highest BCUT2D eigenvalue weighted by Crippen LogP contribution is 2.47. The smallest absolute Gasteiger partial charge is 0.0701 e. The first-order chi connectivity index (χ1) is 33.8. The number of nitrogens with zero attached hydrogens (tertiary/aromatic N) is 4. The van der Waals surface area contributed by atoms with E-state index in [-0.39, 0.29) is 0 Å². The monoisotopic (exact) mass is 909 g/mol. The summed E-state index contributed by atoms with van der Waals surface area (Å²) in [5, 5.41) is 0. The lowest BCUT2D eigenvalue weighted by Gasteiger charge is -2.37. The van der Waals surface area contributed by atoms with Crippen molar-refractivity contribution in [2.45, 2.75) is 60.8 Å². The molecule has 4 nitrogen and oxygen atoms in total. The first-order valence-electron chi connectivity index (χ1n) is 25.7. The first kappa shape index (κ1) is 48.4. The highest BCUT2D eigenvalue weighted by molar-refractivity contribution is 5.74. The summed E-state index contributed by atoms with van der Waals surface area (Å²) in [6.45, 7) is 25.7. The molecule has 352 valence electrons. The highest BCUT2D eigenvalue weighted by atomic mass is 15.1. The molecule has 4 heteroatoms. The van der Waals surface area contributed by atoms with E-state index in [1.165, 1.54) is 89.5 Å².